The minimum Gasteiger partial charge on any atom is -0.340 e. The molecule has 0 radical (unpaired) electrons. The Morgan fingerprint density at radius 1 is 1.41 bits per heavy atom. The Morgan fingerprint density at radius 3 is 2.55 bits per heavy atom. The summed E-state index contributed by atoms with van der Waals surface area (Å²) in [5.41, 5.74) is 3.42. The van der Waals surface area contributed by atoms with E-state index >= 15 is 0 Å². The van der Waals surface area contributed by atoms with Crippen LogP contribution in [0.1, 0.15) is 30.8 Å². The molecule has 1 aliphatic rings. The highest BCUT2D eigenvalue weighted by molar-refractivity contribution is 5.85. The molecule has 2 unspecified atom stereocenters. The number of hydrogen-bond acceptors (Lipinski definition) is 3. The van der Waals surface area contributed by atoms with Crippen LogP contribution in [0.15, 0.2) is 0 Å². The molecule has 1 aromatic heterocycles. The molecule has 1 N–H and O–H groups in total. The topological polar surface area (TPSA) is 50.2 Å². The minimum absolute atomic E-state index is 0. The average Bonchev–Trinajstić information content (AvgIpc) is 2.64. The van der Waals surface area contributed by atoms with Crippen molar-refractivity contribution in [1.82, 2.24) is 20.0 Å². The number of carbonyl (C=O) groups is 1. The smallest absolute Gasteiger partial charge is 0.225 e. The maximum Gasteiger partial charge on any atom is 0.225 e. The first-order valence-electron chi connectivity index (χ1n) is 7.41. The fraction of sp³-hybridized carbons (Fsp3) is 0.733. The molecule has 2 heterocycles. The van der Waals surface area contributed by atoms with Crippen molar-refractivity contribution >= 4 is 30.7 Å². The van der Waals surface area contributed by atoms with Gasteiger partial charge in [0.05, 0.1) is 5.69 Å². The molecule has 7 heteroatoms. The van der Waals surface area contributed by atoms with Gasteiger partial charge in [-0.15, -0.1) is 24.8 Å². The summed E-state index contributed by atoms with van der Waals surface area (Å²) in [5, 5.41) is 7.80. The molecule has 2 atom stereocenters. The summed E-state index contributed by atoms with van der Waals surface area (Å²) in [6.45, 7) is 10.8. The number of amides is 1. The Balaban J connectivity index is 0.00000220. The largest absolute Gasteiger partial charge is 0.340 e. The van der Waals surface area contributed by atoms with Gasteiger partial charge in [0.15, 0.2) is 0 Å². The second-order valence-corrected chi connectivity index (χ2v) is 6.02. The van der Waals surface area contributed by atoms with Crippen LogP contribution < -0.4 is 5.32 Å². The highest BCUT2D eigenvalue weighted by Crippen LogP contribution is 2.18. The third-order valence-corrected chi connectivity index (χ3v) is 4.27. The Labute approximate surface area is 145 Å². The van der Waals surface area contributed by atoms with E-state index in [1.165, 1.54) is 5.56 Å². The molecular formula is C15H28Cl2N4O. The molecular weight excluding hydrogens is 323 g/mol. The van der Waals surface area contributed by atoms with Gasteiger partial charge in [-0.25, -0.2) is 0 Å². The second kappa shape index (κ2) is 8.75. The summed E-state index contributed by atoms with van der Waals surface area (Å²) >= 11 is 0. The normalized spacial score (nSPS) is 19.1. The van der Waals surface area contributed by atoms with Crippen molar-refractivity contribution in [3.05, 3.63) is 17.0 Å². The van der Waals surface area contributed by atoms with E-state index < -0.39 is 0 Å². The molecule has 22 heavy (non-hydrogen) atoms. The first-order chi connectivity index (χ1) is 9.40. The average molecular weight is 351 g/mol. The Morgan fingerprint density at radius 2 is 2.05 bits per heavy atom. The molecule has 0 aromatic carbocycles. The van der Waals surface area contributed by atoms with Crippen molar-refractivity contribution in [3.63, 3.8) is 0 Å². The number of rotatable bonds is 3. The lowest BCUT2D eigenvalue weighted by molar-refractivity contribution is -0.136. The van der Waals surface area contributed by atoms with Crippen molar-refractivity contribution in [2.45, 2.75) is 40.2 Å². The molecule has 1 saturated heterocycles. The third-order valence-electron chi connectivity index (χ3n) is 4.27. The minimum atomic E-state index is 0. The molecule has 5 nitrogen and oxygen atoms in total. The van der Waals surface area contributed by atoms with Gasteiger partial charge in [0.1, 0.15) is 0 Å². The van der Waals surface area contributed by atoms with Crippen molar-refractivity contribution in [1.29, 1.82) is 0 Å². The van der Waals surface area contributed by atoms with E-state index in [9.17, 15) is 4.79 Å². The first kappa shape index (κ1) is 21.2. The first-order valence-corrected chi connectivity index (χ1v) is 7.41. The van der Waals surface area contributed by atoms with Gasteiger partial charge in [-0.05, 0) is 32.8 Å². The summed E-state index contributed by atoms with van der Waals surface area (Å²) in [7, 11) is 1.95. The van der Waals surface area contributed by atoms with Crippen LogP contribution in [0.25, 0.3) is 0 Å². The number of aromatic nitrogens is 2. The van der Waals surface area contributed by atoms with E-state index in [0.717, 1.165) is 37.4 Å². The standard InChI is InChI=1S/C15H26N4O.2ClH/c1-10(8-14-12(3)17-18(5)13(14)4)15(20)19-7-6-16-11(2)9-19;;/h10-11,16H,6-9H2,1-5H3;2*1H. The SMILES string of the molecule is Cc1nn(C)c(C)c1CC(C)C(=O)N1CCNC(C)C1.Cl.Cl. The second-order valence-electron chi connectivity index (χ2n) is 6.02. The van der Waals surface area contributed by atoms with E-state index in [4.69, 9.17) is 0 Å². The molecule has 1 amide bonds. The summed E-state index contributed by atoms with van der Waals surface area (Å²) in [4.78, 5) is 14.5. The fourth-order valence-corrected chi connectivity index (χ4v) is 2.95. The van der Waals surface area contributed by atoms with Gasteiger partial charge >= 0.3 is 0 Å². The van der Waals surface area contributed by atoms with Crippen LogP contribution in [0.2, 0.25) is 0 Å². The lowest BCUT2D eigenvalue weighted by atomic mass is 9.98. The highest BCUT2D eigenvalue weighted by Gasteiger charge is 2.26. The molecule has 0 aliphatic carbocycles. The predicted octanol–water partition coefficient (Wildman–Crippen LogP) is 1.88. The third kappa shape index (κ3) is 4.61. The summed E-state index contributed by atoms with van der Waals surface area (Å²) < 4.78 is 1.90. The Hall–Kier alpha value is -0.780. The van der Waals surface area contributed by atoms with Gasteiger partial charge in [-0.2, -0.15) is 5.10 Å². The Kier molecular flexibility index (Phi) is 8.44. The zero-order valence-electron chi connectivity index (χ0n) is 14.0. The van der Waals surface area contributed by atoms with Crippen LogP contribution in [0, 0.1) is 19.8 Å². The summed E-state index contributed by atoms with van der Waals surface area (Å²) in [6.07, 6.45) is 0.780. The zero-order chi connectivity index (χ0) is 14.9. The number of halogens is 2. The van der Waals surface area contributed by atoms with Crippen molar-refractivity contribution in [2.75, 3.05) is 19.6 Å². The maximum absolute atomic E-state index is 12.5. The van der Waals surface area contributed by atoms with Crippen LogP contribution in [-0.2, 0) is 18.3 Å². The summed E-state index contributed by atoms with van der Waals surface area (Å²) in [5.74, 6) is 0.280. The molecule has 1 aromatic rings. The number of aryl methyl sites for hydroxylation is 2. The lowest BCUT2D eigenvalue weighted by Crippen LogP contribution is -2.52. The van der Waals surface area contributed by atoms with E-state index in [2.05, 4.69) is 24.3 Å². The van der Waals surface area contributed by atoms with Crippen LogP contribution in [-0.4, -0.2) is 46.3 Å². The van der Waals surface area contributed by atoms with E-state index in [0.29, 0.717) is 6.04 Å². The molecule has 128 valence electrons. The van der Waals surface area contributed by atoms with Crippen molar-refractivity contribution in [2.24, 2.45) is 13.0 Å². The van der Waals surface area contributed by atoms with Crippen LogP contribution in [0.4, 0.5) is 0 Å². The van der Waals surface area contributed by atoms with E-state index in [1.54, 1.807) is 0 Å². The van der Waals surface area contributed by atoms with Crippen LogP contribution >= 0.6 is 24.8 Å². The Bertz CT molecular complexity index is 504. The van der Waals surface area contributed by atoms with Crippen LogP contribution in [0.3, 0.4) is 0 Å². The number of piperazine rings is 1. The van der Waals surface area contributed by atoms with Gasteiger partial charge in [0.25, 0.3) is 0 Å². The number of nitrogens with zero attached hydrogens (tertiary/aromatic N) is 3. The molecule has 0 saturated carbocycles. The van der Waals surface area contributed by atoms with Gasteiger partial charge in [0.2, 0.25) is 5.91 Å². The zero-order valence-corrected chi connectivity index (χ0v) is 15.7. The van der Waals surface area contributed by atoms with Crippen LogP contribution in [0.5, 0.6) is 0 Å². The number of nitrogens with one attached hydrogen (secondary N) is 1. The lowest BCUT2D eigenvalue weighted by Gasteiger charge is -2.33. The van der Waals surface area contributed by atoms with Gasteiger partial charge in [0, 0.05) is 44.3 Å². The van der Waals surface area contributed by atoms with E-state index in [-0.39, 0.29) is 36.6 Å². The monoisotopic (exact) mass is 350 g/mol. The predicted molar refractivity (Wildman–Crippen MR) is 94.1 cm³/mol. The molecule has 1 aliphatic heterocycles. The molecule has 1 fully saturated rings. The fourth-order valence-electron chi connectivity index (χ4n) is 2.95. The van der Waals surface area contributed by atoms with Gasteiger partial charge in [-0.3, -0.25) is 9.48 Å². The van der Waals surface area contributed by atoms with Gasteiger partial charge < -0.3 is 10.2 Å². The van der Waals surface area contributed by atoms with E-state index in [1.807, 2.05) is 30.5 Å². The van der Waals surface area contributed by atoms with Crippen molar-refractivity contribution < 1.29 is 4.79 Å². The number of hydrogen-bond donors (Lipinski definition) is 1. The molecule has 0 spiro atoms. The van der Waals surface area contributed by atoms with Gasteiger partial charge in [-0.1, -0.05) is 6.92 Å². The highest BCUT2D eigenvalue weighted by atomic mass is 35.5. The van der Waals surface area contributed by atoms with Crippen molar-refractivity contribution in [3.8, 4) is 0 Å². The molecule has 0 bridgehead atoms. The quantitative estimate of drug-likeness (QED) is 0.905. The molecule has 2 rings (SSSR count). The number of carbonyl (C=O) groups excluding carboxylic acids is 1. The maximum atomic E-state index is 12.5. The summed E-state index contributed by atoms with van der Waals surface area (Å²) in [6, 6.07) is 0.391.